The van der Waals surface area contributed by atoms with Crippen molar-refractivity contribution in [3.8, 4) is 6.07 Å². The van der Waals surface area contributed by atoms with Gasteiger partial charge in [0.1, 0.15) is 11.6 Å². The van der Waals surface area contributed by atoms with Gasteiger partial charge in [-0.15, -0.1) is 0 Å². The van der Waals surface area contributed by atoms with Gasteiger partial charge in [0.05, 0.1) is 17.3 Å². The van der Waals surface area contributed by atoms with Gasteiger partial charge in [0, 0.05) is 12.8 Å². The molecule has 1 atom stereocenters. The lowest BCUT2D eigenvalue weighted by atomic mass is 10.2. The molecule has 0 radical (unpaired) electrons. The number of fused-ring (bicyclic) bond motifs is 1. The number of aromatic nitrogens is 3. The summed E-state index contributed by atoms with van der Waals surface area (Å²) in [6.07, 6.45) is 6.49. The topological polar surface area (TPSA) is 63.7 Å². The van der Waals surface area contributed by atoms with Gasteiger partial charge in [-0.2, -0.15) is 10.4 Å². The Balaban J connectivity index is 2.06. The first-order valence-corrected chi connectivity index (χ1v) is 5.73. The Hall–Kier alpha value is -1.93. The molecule has 86 valence electrons. The van der Waals surface area contributed by atoms with Gasteiger partial charge in [0.25, 0.3) is 0 Å². The third kappa shape index (κ3) is 1.77. The Morgan fingerprint density at radius 2 is 2.35 bits per heavy atom. The summed E-state index contributed by atoms with van der Waals surface area (Å²) in [5.41, 5.74) is 2.23. The quantitative estimate of drug-likeness (QED) is 0.748. The smallest absolute Gasteiger partial charge is 0.150 e. The van der Waals surface area contributed by atoms with Crippen LogP contribution in [0.1, 0.15) is 31.1 Å². The van der Waals surface area contributed by atoms with Crippen LogP contribution in [0.4, 0.5) is 0 Å². The summed E-state index contributed by atoms with van der Waals surface area (Å²) in [6, 6.07) is 3.91. The molecule has 0 spiro atoms. The van der Waals surface area contributed by atoms with Gasteiger partial charge in [-0.3, -0.25) is 4.98 Å². The van der Waals surface area contributed by atoms with Crippen LogP contribution >= 0.6 is 0 Å². The molecule has 0 aliphatic carbocycles. The largest absolute Gasteiger partial charge is 0.356 e. The summed E-state index contributed by atoms with van der Waals surface area (Å²) in [7, 11) is 0. The third-order valence-electron chi connectivity index (χ3n) is 3.01. The average Bonchev–Trinajstić information content (AvgIpc) is 2.82. The number of ether oxygens (including phenoxy) is 1. The molecule has 0 N–H and O–H groups in total. The minimum absolute atomic E-state index is 0.0167. The monoisotopic (exact) mass is 228 g/mol. The molecular formula is C12H12N4O. The van der Waals surface area contributed by atoms with Crippen LogP contribution in [0.3, 0.4) is 0 Å². The zero-order chi connectivity index (χ0) is 11.7. The number of pyridine rings is 1. The van der Waals surface area contributed by atoms with Crippen molar-refractivity contribution in [2.45, 2.75) is 25.5 Å². The van der Waals surface area contributed by atoms with E-state index in [-0.39, 0.29) is 6.23 Å². The summed E-state index contributed by atoms with van der Waals surface area (Å²) < 4.78 is 7.53. The molecule has 2 aromatic heterocycles. The van der Waals surface area contributed by atoms with Crippen LogP contribution < -0.4 is 0 Å². The lowest BCUT2D eigenvalue weighted by Crippen LogP contribution is -2.19. The number of rotatable bonds is 1. The highest BCUT2D eigenvalue weighted by atomic mass is 16.5. The molecule has 1 unspecified atom stereocenters. The van der Waals surface area contributed by atoms with Gasteiger partial charge in [-0.05, 0) is 25.3 Å². The van der Waals surface area contributed by atoms with Crippen molar-refractivity contribution in [1.29, 1.82) is 5.26 Å². The molecule has 1 fully saturated rings. The minimum atomic E-state index is -0.0167. The van der Waals surface area contributed by atoms with E-state index in [2.05, 4.69) is 16.2 Å². The third-order valence-corrected chi connectivity index (χ3v) is 3.01. The first-order valence-electron chi connectivity index (χ1n) is 5.73. The van der Waals surface area contributed by atoms with E-state index >= 15 is 0 Å². The highest BCUT2D eigenvalue weighted by Crippen LogP contribution is 2.25. The van der Waals surface area contributed by atoms with Crippen LogP contribution in [-0.4, -0.2) is 21.4 Å². The van der Waals surface area contributed by atoms with Crippen molar-refractivity contribution in [1.82, 2.24) is 14.8 Å². The van der Waals surface area contributed by atoms with E-state index < -0.39 is 0 Å². The Morgan fingerprint density at radius 3 is 3.12 bits per heavy atom. The fourth-order valence-corrected chi connectivity index (χ4v) is 2.13. The van der Waals surface area contributed by atoms with Crippen molar-refractivity contribution in [2.24, 2.45) is 0 Å². The molecule has 1 aliphatic rings. The Kier molecular flexibility index (Phi) is 2.50. The first kappa shape index (κ1) is 10.2. The van der Waals surface area contributed by atoms with Crippen LogP contribution in [0, 0.1) is 11.3 Å². The fourth-order valence-electron chi connectivity index (χ4n) is 2.13. The number of hydrogen-bond acceptors (Lipinski definition) is 4. The molecule has 3 heterocycles. The molecule has 5 heteroatoms. The minimum Gasteiger partial charge on any atom is -0.356 e. The molecule has 0 amide bonds. The summed E-state index contributed by atoms with van der Waals surface area (Å²) in [6.45, 7) is 0.775. The normalized spacial score (nSPS) is 20.3. The maximum atomic E-state index is 8.88. The van der Waals surface area contributed by atoms with Crippen molar-refractivity contribution in [3.05, 3.63) is 24.0 Å². The molecule has 2 aromatic rings. The van der Waals surface area contributed by atoms with Crippen LogP contribution in [0.2, 0.25) is 0 Å². The van der Waals surface area contributed by atoms with E-state index in [1.54, 1.807) is 12.4 Å². The zero-order valence-electron chi connectivity index (χ0n) is 9.33. The summed E-state index contributed by atoms with van der Waals surface area (Å²) in [4.78, 5) is 4.21. The molecule has 1 saturated heterocycles. The van der Waals surface area contributed by atoms with E-state index in [9.17, 15) is 0 Å². The first-order chi connectivity index (χ1) is 8.38. The predicted molar refractivity (Wildman–Crippen MR) is 61.1 cm³/mol. The Morgan fingerprint density at radius 1 is 1.41 bits per heavy atom. The molecule has 0 saturated carbocycles. The lowest BCUT2D eigenvalue weighted by molar-refractivity contribution is -0.0366. The molecule has 1 aliphatic heterocycles. The van der Waals surface area contributed by atoms with Crippen molar-refractivity contribution < 1.29 is 4.74 Å². The highest BCUT2D eigenvalue weighted by Gasteiger charge is 2.18. The summed E-state index contributed by atoms with van der Waals surface area (Å²) in [5.74, 6) is 0. The van der Waals surface area contributed by atoms with Gasteiger partial charge >= 0.3 is 0 Å². The Labute approximate surface area is 98.6 Å². The molecule has 0 aromatic carbocycles. The second kappa shape index (κ2) is 4.15. The SMILES string of the molecule is N#Cc1cnc2cnn(C3CCCCO3)c2c1. The maximum absolute atomic E-state index is 8.88. The van der Waals surface area contributed by atoms with Crippen molar-refractivity contribution >= 4 is 11.0 Å². The molecule has 5 nitrogen and oxygen atoms in total. The second-order valence-electron chi connectivity index (χ2n) is 4.15. The van der Waals surface area contributed by atoms with Crippen LogP contribution in [-0.2, 0) is 4.74 Å². The van der Waals surface area contributed by atoms with Crippen LogP contribution in [0.5, 0.6) is 0 Å². The van der Waals surface area contributed by atoms with Gasteiger partial charge in [-0.25, -0.2) is 4.68 Å². The highest BCUT2D eigenvalue weighted by molar-refractivity contribution is 5.75. The van der Waals surface area contributed by atoms with Crippen LogP contribution in [0.15, 0.2) is 18.5 Å². The van der Waals surface area contributed by atoms with Gasteiger partial charge in [-0.1, -0.05) is 0 Å². The van der Waals surface area contributed by atoms with Gasteiger partial charge in [0.15, 0.2) is 6.23 Å². The zero-order valence-corrected chi connectivity index (χ0v) is 9.33. The number of nitriles is 1. The molecule has 17 heavy (non-hydrogen) atoms. The second-order valence-corrected chi connectivity index (χ2v) is 4.15. The Bertz CT molecular complexity index is 578. The molecule has 0 bridgehead atoms. The number of nitrogens with zero attached hydrogens (tertiary/aromatic N) is 4. The van der Waals surface area contributed by atoms with Crippen LogP contribution in [0.25, 0.3) is 11.0 Å². The van der Waals surface area contributed by atoms with Gasteiger partial charge < -0.3 is 4.74 Å². The molecular weight excluding hydrogens is 216 g/mol. The van der Waals surface area contributed by atoms with E-state index in [0.717, 1.165) is 36.9 Å². The van der Waals surface area contributed by atoms with E-state index in [0.29, 0.717) is 5.56 Å². The van der Waals surface area contributed by atoms with E-state index in [1.807, 2.05) is 10.7 Å². The van der Waals surface area contributed by atoms with Gasteiger partial charge in [0.2, 0.25) is 0 Å². The van der Waals surface area contributed by atoms with E-state index in [4.69, 9.17) is 10.00 Å². The van der Waals surface area contributed by atoms with Crippen molar-refractivity contribution in [3.63, 3.8) is 0 Å². The average molecular weight is 228 g/mol. The fraction of sp³-hybridized carbons (Fsp3) is 0.417. The predicted octanol–water partition coefficient (Wildman–Crippen LogP) is 2.00. The van der Waals surface area contributed by atoms with E-state index in [1.165, 1.54) is 0 Å². The van der Waals surface area contributed by atoms with Crippen molar-refractivity contribution in [2.75, 3.05) is 6.61 Å². The summed E-state index contributed by atoms with van der Waals surface area (Å²) >= 11 is 0. The lowest BCUT2D eigenvalue weighted by Gasteiger charge is -2.23. The molecule has 3 rings (SSSR count). The summed E-state index contributed by atoms with van der Waals surface area (Å²) in [5, 5.41) is 13.2. The number of hydrogen-bond donors (Lipinski definition) is 0. The standard InChI is InChI=1S/C12H12N4O/c13-6-9-5-11-10(14-7-9)8-15-16(11)12-3-1-2-4-17-12/h5,7-8,12H,1-4H2. The maximum Gasteiger partial charge on any atom is 0.150 e.